The van der Waals surface area contributed by atoms with Crippen LogP contribution < -0.4 is 4.90 Å². The molecule has 0 saturated heterocycles. The van der Waals surface area contributed by atoms with Crippen molar-refractivity contribution in [2.24, 2.45) is 0 Å². The summed E-state index contributed by atoms with van der Waals surface area (Å²) in [6.07, 6.45) is 0. The minimum Gasteiger partial charge on any atom is -0.309 e. The first-order valence-electron chi connectivity index (χ1n) is 20.8. The molecule has 12 aromatic rings. The summed E-state index contributed by atoms with van der Waals surface area (Å²) in [5.41, 5.74) is 10.8. The van der Waals surface area contributed by atoms with Crippen LogP contribution in [0, 0.1) is 0 Å². The maximum Gasteiger partial charge on any atom is 0.240 e. The van der Waals surface area contributed by atoms with Gasteiger partial charge >= 0.3 is 0 Å². The van der Waals surface area contributed by atoms with E-state index in [0.29, 0.717) is 17.7 Å². The molecular weight excluding hydrogens is 777 g/mol. The third-order valence-electron chi connectivity index (χ3n) is 12.1. The summed E-state index contributed by atoms with van der Waals surface area (Å²) in [5, 5.41) is 6.93. The highest BCUT2D eigenvalue weighted by molar-refractivity contribution is 7.99. The first-order valence-corrected chi connectivity index (χ1v) is 21.6. The van der Waals surface area contributed by atoms with Crippen molar-refractivity contribution >= 4 is 83.5 Å². The second-order valence-electron chi connectivity index (χ2n) is 15.6. The van der Waals surface area contributed by atoms with E-state index in [1.165, 1.54) is 21.9 Å². The summed E-state index contributed by atoms with van der Waals surface area (Å²) in [4.78, 5) is 20.7. The Labute approximate surface area is 361 Å². The predicted molar refractivity (Wildman–Crippen MR) is 256 cm³/mol. The molecule has 7 heteroatoms. The number of nitrogens with zero attached hydrogens (tertiary/aromatic N) is 6. The van der Waals surface area contributed by atoms with Gasteiger partial charge in [0.1, 0.15) is 0 Å². The molecule has 0 aliphatic carbocycles. The van der Waals surface area contributed by atoms with Crippen molar-refractivity contribution in [3.8, 4) is 34.2 Å². The van der Waals surface area contributed by atoms with Gasteiger partial charge in [0.2, 0.25) is 11.9 Å². The summed E-state index contributed by atoms with van der Waals surface area (Å²) in [7, 11) is 0. The molecule has 13 rings (SSSR count). The molecule has 1 aliphatic rings. The van der Waals surface area contributed by atoms with Gasteiger partial charge < -0.3 is 4.57 Å². The molecule has 0 fully saturated rings. The number of anilines is 3. The SMILES string of the molecule is c1ccc(-c2cc(-n3c4ccccc4c4c3ccc3c5ccccc5n(-c5nc(-c6ccccc6)nc(N6c7ccccc7Sc7ccccc76)n5)c34)c3ccccc3c2)cc1. The molecule has 0 unspecified atom stereocenters. The summed E-state index contributed by atoms with van der Waals surface area (Å²) >= 11 is 1.77. The number of hydrogen-bond acceptors (Lipinski definition) is 5. The highest BCUT2D eigenvalue weighted by Gasteiger charge is 2.29. The predicted octanol–water partition coefficient (Wildman–Crippen LogP) is 14.5. The lowest BCUT2D eigenvalue weighted by molar-refractivity contribution is 0.927. The van der Waals surface area contributed by atoms with Gasteiger partial charge in [-0.3, -0.25) is 9.47 Å². The maximum absolute atomic E-state index is 5.51. The van der Waals surface area contributed by atoms with E-state index in [2.05, 4.69) is 202 Å². The van der Waals surface area contributed by atoms with Crippen LogP contribution in [0.25, 0.3) is 88.5 Å². The van der Waals surface area contributed by atoms with E-state index in [1.807, 2.05) is 18.2 Å². The third kappa shape index (κ3) is 5.28. The van der Waals surface area contributed by atoms with Gasteiger partial charge in [0, 0.05) is 42.3 Å². The first-order chi connectivity index (χ1) is 30.8. The van der Waals surface area contributed by atoms with Crippen LogP contribution >= 0.6 is 11.8 Å². The monoisotopic (exact) mass is 810 g/mol. The largest absolute Gasteiger partial charge is 0.309 e. The van der Waals surface area contributed by atoms with Gasteiger partial charge in [-0.1, -0.05) is 163 Å². The smallest absolute Gasteiger partial charge is 0.240 e. The fraction of sp³-hybridized carbons (Fsp3) is 0. The van der Waals surface area contributed by atoms with Crippen molar-refractivity contribution in [2.45, 2.75) is 9.79 Å². The zero-order chi connectivity index (χ0) is 40.7. The summed E-state index contributed by atoms with van der Waals surface area (Å²) < 4.78 is 4.73. The lowest BCUT2D eigenvalue weighted by Crippen LogP contribution is -2.19. The minimum absolute atomic E-state index is 0.550. The lowest BCUT2D eigenvalue weighted by atomic mass is 9.99. The Bertz CT molecular complexity index is 3700. The standard InChI is InChI=1S/C55H34N6S/c1-3-17-35(18-4-1)38-33-37-21-7-8-22-39(37)48(34-38)59-44-26-12-10-24-42(44)51-47(59)32-31-41-40-23-9-11-25-43(40)61(52(41)51)55-57-53(36-19-5-2-6-20-36)56-54(58-55)60-45-27-13-15-29-49(45)62-50-30-16-14-28-46(50)60/h1-34H. The normalized spacial score (nSPS) is 12.4. The number of hydrogen-bond donors (Lipinski definition) is 0. The molecule has 0 atom stereocenters. The van der Waals surface area contributed by atoms with Gasteiger partial charge in [-0.25, -0.2) is 0 Å². The average Bonchev–Trinajstić information content (AvgIpc) is 3.86. The van der Waals surface area contributed by atoms with Gasteiger partial charge in [-0.05, 0) is 71.1 Å². The Morgan fingerprint density at radius 3 is 1.68 bits per heavy atom. The highest BCUT2D eigenvalue weighted by atomic mass is 32.2. The molecule has 62 heavy (non-hydrogen) atoms. The van der Waals surface area contributed by atoms with Crippen LogP contribution in [-0.2, 0) is 0 Å². The Balaban J connectivity index is 1.15. The van der Waals surface area contributed by atoms with Crippen LogP contribution in [0.1, 0.15) is 0 Å². The van der Waals surface area contributed by atoms with Crippen LogP contribution in [-0.4, -0.2) is 24.1 Å². The molecule has 0 amide bonds. The van der Waals surface area contributed by atoms with Gasteiger partial charge in [0.15, 0.2) is 5.82 Å². The van der Waals surface area contributed by atoms with Crippen molar-refractivity contribution in [2.75, 3.05) is 4.90 Å². The molecule has 9 aromatic carbocycles. The van der Waals surface area contributed by atoms with Crippen molar-refractivity contribution in [3.63, 3.8) is 0 Å². The molecule has 0 radical (unpaired) electrons. The zero-order valence-corrected chi connectivity index (χ0v) is 34.0. The number of benzene rings is 9. The molecule has 4 heterocycles. The minimum atomic E-state index is 0.550. The zero-order valence-electron chi connectivity index (χ0n) is 33.2. The van der Waals surface area contributed by atoms with E-state index < -0.39 is 0 Å². The number of rotatable bonds is 5. The Morgan fingerprint density at radius 2 is 0.935 bits per heavy atom. The Morgan fingerprint density at radius 1 is 0.355 bits per heavy atom. The molecular formula is C55H34N6S. The molecule has 0 N–H and O–H groups in total. The second-order valence-corrected chi connectivity index (χ2v) is 16.7. The van der Waals surface area contributed by atoms with Crippen LogP contribution in [0.3, 0.4) is 0 Å². The van der Waals surface area contributed by atoms with E-state index in [1.54, 1.807) is 11.8 Å². The number of aromatic nitrogens is 5. The van der Waals surface area contributed by atoms with Crippen LogP contribution in [0.4, 0.5) is 17.3 Å². The van der Waals surface area contributed by atoms with Gasteiger partial charge in [-0.15, -0.1) is 0 Å². The van der Waals surface area contributed by atoms with E-state index in [0.717, 1.165) is 76.0 Å². The summed E-state index contributed by atoms with van der Waals surface area (Å²) in [6, 6.07) is 73.3. The first kappa shape index (κ1) is 34.8. The number of para-hydroxylation sites is 4. The maximum atomic E-state index is 5.51. The Kier molecular flexibility index (Phi) is 7.74. The molecule has 290 valence electrons. The van der Waals surface area contributed by atoms with Gasteiger partial charge in [0.05, 0.1) is 39.1 Å². The highest BCUT2D eigenvalue weighted by Crippen LogP contribution is 2.51. The number of fused-ring (bicyclic) bond motifs is 10. The molecule has 0 saturated carbocycles. The average molecular weight is 811 g/mol. The van der Waals surface area contributed by atoms with Crippen molar-refractivity contribution in [1.29, 1.82) is 0 Å². The van der Waals surface area contributed by atoms with E-state index in [4.69, 9.17) is 15.0 Å². The Hall–Kier alpha value is -8.00. The summed E-state index contributed by atoms with van der Waals surface area (Å²) in [5.74, 6) is 1.71. The van der Waals surface area contributed by atoms with Gasteiger partial charge in [0.25, 0.3) is 0 Å². The van der Waals surface area contributed by atoms with Crippen LogP contribution in [0.2, 0.25) is 0 Å². The summed E-state index contributed by atoms with van der Waals surface area (Å²) in [6.45, 7) is 0. The second kappa shape index (κ2) is 13.8. The van der Waals surface area contributed by atoms with Crippen molar-refractivity contribution < 1.29 is 0 Å². The fourth-order valence-corrected chi connectivity index (χ4v) is 10.5. The molecule has 0 spiro atoms. The molecule has 1 aliphatic heterocycles. The van der Waals surface area contributed by atoms with E-state index in [-0.39, 0.29) is 0 Å². The quantitative estimate of drug-likeness (QED) is 0.173. The topological polar surface area (TPSA) is 51.8 Å². The fourth-order valence-electron chi connectivity index (χ4n) is 9.44. The van der Waals surface area contributed by atoms with E-state index >= 15 is 0 Å². The van der Waals surface area contributed by atoms with E-state index in [9.17, 15) is 0 Å². The van der Waals surface area contributed by atoms with Gasteiger partial charge in [-0.2, -0.15) is 15.0 Å². The molecule has 0 bridgehead atoms. The van der Waals surface area contributed by atoms with Crippen molar-refractivity contribution in [1.82, 2.24) is 24.1 Å². The lowest BCUT2D eigenvalue weighted by Gasteiger charge is -2.31. The molecule has 6 nitrogen and oxygen atoms in total. The third-order valence-corrected chi connectivity index (χ3v) is 13.3. The van der Waals surface area contributed by atoms with Crippen molar-refractivity contribution in [3.05, 3.63) is 206 Å². The van der Waals surface area contributed by atoms with Crippen LogP contribution in [0.15, 0.2) is 216 Å². The van der Waals surface area contributed by atoms with Crippen LogP contribution in [0.5, 0.6) is 0 Å². The molecule has 3 aromatic heterocycles.